The zero-order chi connectivity index (χ0) is 13.0. The fraction of sp³-hybridized carbons (Fsp3) is 0.333. The maximum Gasteiger partial charge on any atom is 0.137 e. The summed E-state index contributed by atoms with van der Waals surface area (Å²) in [5, 5.41) is 13.1. The Hall–Kier alpha value is -1.79. The minimum atomic E-state index is -0.645. The summed E-state index contributed by atoms with van der Waals surface area (Å²) in [6.07, 6.45) is 0.749. The maximum absolute atomic E-state index is 13.2. The van der Waals surface area contributed by atoms with Crippen LogP contribution in [-0.4, -0.2) is 41.4 Å². The van der Waals surface area contributed by atoms with Crippen molar-refractivity contribution in [3.05, 3.63) is 30.3 Å². The average Bonchev–Trinajstić information content (AvgIpc) is 2.36. The predicted molar refractivity (Wildman–Crippen MR) is 65.9 cm³/mol. The van der Waals surface area contributed by atoms with E-state index < -0.39 is 6.10 Å². The van der Waals surface area contributed by atoms with Crippen LogP contribution in [0.4, 0.5) is 10.2 Å². The van der Waals surface area contributed by atoms with Gasteiger partial charge in [-0.1, -0.05) is 0 Å². The van der Waals surface area contributed by atoms with Crippen molar-refractivity contribution in [1.82, 2.24) is 9.97 Å². The first kappa shape index (κ1) is 12.7. The summed E-state index contributed by atoms with van der Waals surface area (Å²) in [5.41, 5.74) is 0.648. The van der Waals surface area contributed by atoms with Gasteiger partial charge in [-0.05, 0) is 18.2 Å². The molecular formula is C12H14FN3O2. The van der Waals surface area contributed by atoms with E-state index in [9.17, 15) is 9.50 Å². The van der Waals surface area contributed by atoms with E-state index in [1.54, 1.807) is 6.07 Å². The first-order chi connectivity index (χ1) is 8.70. The van der Waals surface area contributed by atoms with Gasteiger partial charge in [0.2, 0.25) is 0 Å². The van der Waals surface area contributed by atoms with Gasteiger partial charge in [-0.2, -0.15) is 0 Å². The van der Waals surface area contributed by atoms with Gasteiger partial charge in [0.05, 0.1) is 18.2 Å². The third-order valence-corrected chi connectivity index (χ3v) is 2.46. The van der Waals surface area contributed by atoms with Crippen molar-refractivity contribution in [2.45, 2.75) is 6.10 Å². The van der Waals surface area contributed by atoms with Gasteiger partial charge >= 0.3 is 0 Å². The lowest BCUT2D eigenvalue weighted by molar-refractivity contribution is 0.0727. The summed E-state index contributed by atoms with van der Waals surface area (Å²) >= 11 is 0. The molecule has 2 aromatic rings. The Morgan fingerprint density at radius 3 is 3.06 bits per heavy atom. The van der Waals surface area contributed by atoms with Crippen LogP contribution in [0.3, 0.4) is 0 Å². The van der Waals surface area contributed by atoms with Gasteiger partial charge in [0.1, 0.15) is 18.0 Å². The van der Waals surface area contributed by atoms with Gasteiger partial charge < -0.3 is 15.2 Å². The Kier molecular flexibility index (Phi) is 4.01. The number of methoxy groups -OCH3 is 1. The number of nitrogens with one attached hydrogen (secondary N) is 1. The molecule has 96 valence electrons. The fourth-order valence-electron chi connectivity index (χ4n) is 1.64. The molecule has 1 atom stereocenters. The van der Waals surface area contributed by atoms with E-state index in [-0.39, 0.29) is 19.0 Å². The maximum atomic E-state index is 13.2. The highest BCUT2D eigenvalue weighted by Crippen LogP contribution is 2.19. The highest BCUT2D eigenvalue weighted by Gasteiger charge is 2.07. The molecule has 0 fully saturated rings. The number of ether oxygens (including phenoxy) is 1. The molecule has 1 aromatic carbocycles. The number of aliphatic hydroxyl groups excluding tert-OH is 1. The molecule has 1 aromatic heterocycles. The van der Waals surface area contributed by atoms with E-state index in [1.165, 1.54) is 25.6 Å². The van der Waals surface area contributed by atoms with E-state index >= 15 is 0 Å². The van der Waals surface area contributed by atoms with Gasteiger partial charge in [0.25, 0.3) is 0 Å². The summed E-state index contributed by atoms with van der Waals surface area (Å²) in [4.78, 5) is 8.08. The standard InChI is InChI=1S/C12H14FN3O2/c1-18-6-9(17)5-14-12-10-4-8(13)2-3-11(10)15-7-16-12/h2-4,7,9,17H,5-6H2,1H3,(H,14,15,16)/t9-/m0/s1. The second-order valence-electron chi connectivity index (χ2n) is 3.87. The molecule has 0 amide bonds. The Labute approximate surface area is 104 Å². The van der Waals surface area contributed by atoms with E-state index in [0.717, 1.165) is 0 Å². The van der Waals surface area contributed by atoms with Crippen molar-refractivity contribution in [3.63, 3.8) is 0 Å². The number of fused-ring (bicyclic) bond motifs is 1. The molecular weight excluding hydrogens is 237 g/mol. The van der Waals surface area contributed by atoms with Crippen LogP contribution in [0.5, 0.6) is 0 Å². The molecule has 2 N–H and O–H groups in total. The van der Waals surface area contributed by atoms with Crippen molar-refractivity contribution in [1.29, 1.82) is 0 Å². The third-order valence-electron chi connectivity index (χ3n) is 2.46. The molecule has 0 aliphatic carbocycles. The monoisotopic (exact) mass is 251 g/mol. The lowest BCUT2D eigenvalue weighted by Gasteiger charge is -2.12. The molecule has 0 saturated heterocycles. The second-order valence-corrected chi connectivity index (χ2v) is 3.87. The van der Waals surface area contributed by atoms with Gasteiger partial charge in [-0.15, -0.1) is 0 Å². The normalized spacial score (nSPS) is 12.6. The van der Waals surface area contributed by atoms with Crippen LogP contribution in [0.15, 0.2) is 24.5 Å². The molecule has 18 heavy (non-hydrogen) atoms. The van der Waals surface area contributed by atoms with Gasteiger partial charge in [0.15, 0.2) is 0 Å². The first-order valence-corrected chi connectivity index (χ1v) is 5.52. The Balaban J connectivity index is 2.19. The van der Waals surface area contributed by atoms with Crippen molar-refractivity contribution in [2.24, 2.45) is 0 Å². The number of rotatable bonds is 5. The van der Waals surface area contributed by atoms with E-state index in [0.29, 0.717) is 16.7 Å². The molecule has 0 aliphatic rings. The van der Waals surface area contributed by atoms with Gasteiger partial charge in [0, 0.05) is 19.0 Å². The molecule has 0 aliphatic heterocycles. The summed E-state index contributed by atoms with van der Waals surface area (Å²) in [6, 6.07) is 4.29. The molecule has 0 saturated carbocycles. The topological polar surface area (TPSA) is 67.3 Å². The van der Waals surface area contributed by atoms with Crippen molar-refractivity contribution < 1.29 is 14.2 Å². The number of hydrogen-bond donors (Lipinski definition) is 2. The van der Waals surface area contributed by atoms with Crippen molar-refractivity contribution in [3.8, 4) is 0 Å². The van der Waals surface area contributed by atoms with Crippen molar-refractivity contribution >= 4 is 16.7 Å². The lowest BCUT2D eigenvalue weighted by atomic mass is 10.2. The van der Waals surface area contributed by atoms with Crippen LogP contribution in [0.1, 0.15) is 0 Å². The predicted octanol–water partition coefficient (Wildman–Crippen LogP) is 1.19. The van der Waals surface area contributed by atoms with Crippen LogP contribution in [0.2, 0.25) is 0 Å². The highest BCUT2D eigenvalue weighted by atomic mass is 19.1. The molecule has 0 radical (unpaired) electrons. The quantitative estimate of drug-likeness (QED) is 0.835. The van der Waals surface area contributed by atoms with Gasteiger partial charge in [-0.25, -0.2) is 14.4 Å². The van der Waals surface area contributed by atoms with Crippen LogP contribution in [0, 0.1) is 5.82 Å². The largest absolute Gasteiger partial charge is 0.389 e. The number of anilines is 1. The zero-order valence-corrected chi connectivity index (χ0v) is 9.93. The SMILES string of the molecule is COC[C@@H](O)CNc1ncnc2ccc(F)cc12. The van der Waals surface area contributed by atoms with Crippen LogP contribution in [-0.2, 0) is 4.74 Å². The molecule has 2 rings (SSSR count). The molecule has 6 heteroatoms. The molecule has 0 unspecified atom stereocenters. The summed E-state index contributed by atoms with van der Waals surface area (Å²) < 4.78 is 18.0. The van der Waals surface area contributed by atoms with E-state index in [4.69, 9.17) is 4.74 Å². The Bertz CT molecular complexity index is 536. The van der Waals surface area contributed by atoms with Gasteiger partial charge in [-0.3, -0.25) is 0 Å². The van der Waals surface area contributed by atoms with E-state index in [1.807, 2.05) is 0 Å². The molecule has 0 bridgehead atoms. The van der Waals surface area contributed by atoms with Crippen LogP contribution >= 0.6 is 0 Å². The van der Waals surface area contributed by atoms with E-state index in [2.05, 4.69) is 15.3 Å². The number of nitrogens with zero attached hydrogens (tertiary/aromatic N) is 2. The first-order valence-electron chi connectivity index (χ1n) is 5.52. The molecule has 1 heterocycles. The lowest BCUT2D eigenvalue weighted by Crippen LogP contribution is -2.24. The van der Waals surface area contributed by atoms with Crippen LogP contribution in [0.25, 0.3) is 10.9 Å². The second kappa shape index (κ2) is 5.70. The highest BCUT2D eigenvalue weighted by molar-refractivity contribution is 5.88. The Morgan fingerprint density at radius 1 is 1.44 bits per heavy atom. The summed E-state index contributed by atoms with van der Waals surface area (Å²) in [7, 11) is 1.51. The number of aliphatic hydroxyl groups is 1. The van der Waals surface area contributed by atoms with Crippen molar-refractivity contribution in [2.75, 3.05) is 25.6 Å². The number of halogens is 1. The minimum absolute atomic E-state index is 0.227. The number of benzene rings is 1. The Morgan fingerprint density at radius 2 is 2.28 bits per heavy atom. The number of hydrogen-bond acceptors (Lipinski definition) is 5. The summed E-state index contributed by atoms with van der Waals surface area (Å²) in [5.74, 6) is 0.146. The fourth-order valence-corrected chi connectivity index (χ4v) is 1.64. The van der Waals surface area contributed by atoms with Crippen LogP contribution < -0.4 is 5.32 Å². The average molecular weight is 251 g/mol. The smallest absolute Gasteiger partial charge is 0.137 e. The third kappa shape index (κ3) is 2.91. The number of aromatic nitrogens is 2. The molecule has 5 nitrogen and oxygen atoms in total. The summed E-state index contributed by atoms with van der Waals surface area (Å²) in [6.45, 7) is 0.501. The zero-order valence-electron chi connectivity index (χ0n) is 9.93. The minimum Gasteiger partial charge on any atom is -0.389 e. The molecule has 0 spiro atoms.